The van der Waals surface area contributed by atoms with Crippen LogP contribution in [0.25, 0.3) is 10.9 Å². The van der Waals surface area contributed by atoms with Crippen molar-refractivity contribution in [1.82, 2.24) is 9.97 Å². The van der Waals surface area contributed by atoms with Gasteiger partial charge in [0.05, 0.1) is 5.52 Å². The first-order chi connectivity index (χ1) is 16.3. The molecule has 34 heavy (non-hydrogen) atoms. The number of nitrogens with one attached hydrogen (secondary N) is 1. The highest BCUT2D eigenvalue weighted by Crippen LogP contribution is 2.26. The lowest BCUT2D eigenvalue weighted by Gasteiger charge is -2.17. The number of aliphatic carboxylic acids is 1. The van der Waals surface area contributed by atoms with E-state index in [1.54, 1.807) is 54.6 Å². The highest BCUT2D eigenvalue weighted by atomic mass is 35.5. The molecule has 0 radical (unpaired) electrons. The Kier molecular flexibility index (Phi) is 6.81. The largest absolute Gasteiger partial charge is 0.480 e. The zero-order valence-electron chi connectivity index (χ0n) is 17.4. The first-order valence-corrected chi connectivity index (χ1v) is 10.8. The molecule has 8 nitrogen and oxygen atoms in total. The number of hydrogen-bond donors (Lipinski definition) is 3. The third kappa shape index (κ3) is 5.54. The Hall–Kier alpha value is -3.88. The Morgan fingerprint density at radius 1 is 0.971 bits per heavy atom. The number of benzene rings is 2. The van der Waals surface area contributed by atoms with Gasteiger partial charge < -0.3 is 20.3 Å². The van der Waals surface area contributed by atoms with Gasteiger partial charge in [0.15, 0.2) is 0 Å². The van der Waals surface area contributed by atoms with Gasteiger partial charge >= 0.3 is 11.9 Å². The zero-order valence-corrected chi connectivity index (χ0v) is 18.9. The van der Waals surface area contributed by atoms with Gasteiger partial charge in [-0.2, -0.15) is 0 Å². The van der Waals surface area contributed by atoms with Crippen LogP contribution in [-0.2, 0) is 11.2 Å². The predicted molar refractivity (Wildman–Crippen MR) is 128 cm³/mol. The van der Waals surface area contributed by atoms with Crippen LogP contribution in [0.3, 0.4) is 0 Å². The molecule has 0 aliphatic rings. The number of aromatic carboxylic acids is 1. The molecule has 0 amide bonds. The molecule has 0 unspecified atom stereocenters. The number of hydrogen-bond acceptors (Lipinski definition) is 6. The maximum atomic E-state index is 11.9. The maximum absolute atomic E-state index is 11.9. The molecular formula is C24H17Cl2N3O5. The topological polar surface area (TPSA) is 122 Å². The second-order valence-electron chi connectivity index (χ2n) is 7.33. The van der Waals surface area contributed by atoms with Crippen LogP contribution in [0.15, 0.2) is 66.9 Å². The van der Waals surface area contributed by atoms with Crippen LogP contribution in [-0.4, -0.2) is 38.2 Å². The molecule has 172 valence electrons. The van der Waals surface area contributed by atoms with Gasteiger partial charge in [-0.1, -0.05) is 35.3 Å². The third-order valence-corrected chi connectivity index (χ3v) is 5.35. The van der Waals surface area contributed by atoms with Crippen LogP contribution in [0, 0.1) is 0 Å². The molecule has 0 fully saturated rings. The fraction of sp³-hybridized carbons (Fsp3) is 0.0833. The van der Waals surface area contributed by atoms with E-state index >= 15 is 0 Å². The summed E-state index contributed by atoms with van der Waals surface area (Å²) in [5.74, 6) is -1.37. The van der Waals surface area contributed by atoms with E-state index in [9.17, 15) is 19.8 Å². The van der Waals surface area contributed by atoms with Gasteiger partial charge in [-0.3, -0.25) is 0 Å². The van der Waals surface area contributed by atoms with Crippen molar-refractivity contribution < 1.29 is 24.5 Å². The Labute approximate surface area is 203 Å². The molecule has 2 aromatic carbocycles. The molecule has 0 spiro atoms. The van der Waals surface area contributed by atoms with E-state index in [2.05, 4.69) is 15.3 Å². The van der Waals surface area contributed by atoms with Crippen molar-refractivity contribution in [1.29, 1.82) is 0 Å². The molecular weight excluding hydrogens is 481 g/mol. The van der Waals surface area contributed by atoms with Gasteiger partial charge in [-0.05, 0) is 48.0 Å². The average Bonchev–Trinajstić information content (AvgIpc) is 2.79. The van der Waals surface area contributed by atoms with Crippen molar-refractivity contribution in [3.63, 3.8) is 0 Å². The quantitative estimate of drug-likeness (QED) is 0.271. The first-order valence-electron chi connectivity index (χ1n) is 10.00. The molecule has 0 bridgehead atoms. The molecule has 10 heteroatoms. The molecule has 0 saturated carbocycles. The summed E-state index contributed by atoms with van der Waals surface area (Å²) in [5, 5.41) is 23.4. The molecule has 2 aromatic heterocycles. The monoisotopic (exact) mass is 497 g/mol. The Bertz CT molecular complexity index is 1380. The highest BCUT2D eigenvalue weighted by molar-refractivity contribution is 6.31. The van der Waals surface area contributed by atoms with Crippen LogP contribution in [0.2, 0.25) is 10.2 Å². The molecule has 0 aliphatic carbocycles. The molecule has 3 N–H and O–H groups in total. The van der Waals surface area contributed by atoms with Crippen molar-refractivity contribution in [3.05, 3.63) is 88.2 Å². The number of nitrogens with zero attached hydrogens (tertiary/aromatic N) is 2. The van der Waals surface area contributed by atoms with Gasteiger partial charge in [0.2, 0.25) is 0 Å². The van der Waals surface area contributed by atoms with Gasteiger partial charge in [0.1, 0.15) is 34.1 Å². The van der Waals surface area contributed by atoms with Crippen molar-refractivity contribution in [3.8, 4) is 11.5 Å². The normalized spacial score (nSPS) is 11.7. The van der Waals surface area contributed by atoms with Crippen LogP contribution in [0.5, 0.6) is 11.5 Å². The average molecular weight is 498 g/mol. The number of ether oxygens (including phenoxy) is 1. The second kappa shape index (κ2) is 9.94. The molecule has 0 aliphatic heterocycles. The summed E-state index contributed by atoms with van der Waals surface area (Å²) >= 11 is 11.8. The lowest BCUT2D eigenvalue weighted by molar-refractivity contribution is -0.137. The molecule has 2 heterocycles. The van der Waals surface area contributed by atoms with Crippen LogP contribution in [0.4, 0.5) is 5.82 Å². The predicted octanol–water partition coefficient (Wildman–Crippen LogP) is 5.53. The minimum atomic E-state index is -1.24. The van der Waals surface area contributed by atoms with E-state index in [4.69, 9.17) is 27.9 Å². The Morgan fingerprint density at radius 3 is 2.41 bits per heavy atom. The Balaban J connectivity index is 1.54. The number of carbonyl (C=O) groups is 2. The SMILES string of the molecule is O=C(O)c1cc2cc(Cl)ccc2nc1N[C@@H](Cc1ccc(Oc2ccnc(Cl)c2)cc1)C(=O)O. The second-order valence-corrected chi connectivity index (χ2v) is 8.15. The Morgan fingerprint density at radius 2 is 1.74 bits per heavy atom. The first kappa shape index (κ1) is 23.3. The lowest BCUT2D eigenvalue weighted by atomic mass is 10.0. The highest BCUT2D eigenvalue weighted by Gasteiger charge is 2.22. The van der Waals surface area contributed by atoms with Gasteiger partial charge in [0, 0.05) is 29.1 Å². The number of fused-ring (bicyclic) bond motifs is 1. The fourth-order valence-corrected chi connectivity index (χ4v) is 3.64. The van der Waals surface area contributed by atoms with Crippen LogP contribution in [0.1, 0.15) is 15.9 Å². The van der Waals surface area contributed by atoms with E-state index in [1.165, 1.54) is 12.3 Å². The van der Waals surface area contributed by atoms with Crippen LogP contribution >= 0.6 is 23.2 Å². The van der Waals surface area contributed by atoms with Gasteiger partial charge in [0.25, 0.3) is 0 Å². The number of carboxylic acid groups (broad SMARTS) is 2. The number of rotatable bonds is 8. The zero-order chi connectivity index (χ0) is 24.2. The minimum absolute atomic E-state index is 0.0377. The summed E-state index contributed by atoms with van der Waals surface area (Å²) in [5.41, 5.74) is 1.03. The van der Waals surface area contributed by atoms with Crippen LogP contribution < -0.4 is 10.1 Å². The van der Waals surface area contributed by atoms with Crippen molar-refractivity contribution >= 4 is 51.9 Å². The van der Waals surface area contributed by atoms with E-state index in [-0.39, 0.29) is 17.8 Å². The summed E-state index contributed by atoms with van der Waals surface area (Å²) in [6.45, 7) is 0. The van der Waals surface area contributed by atoms with E-state index in [0.717, 1.165) is 0 Å². The van der Waals surface area contributed by atoms with E-state index < -0.39 is 18.0 Å². The summed E-state index contributed by atoms with van der Waals surface area (Å²) in [7, 11) is 0. The number of carboxylic acids is 2. The molecule has 4 aromatic rings. The third-order valence-electron chi connectivity index (χ3n) is 4.91. The standard InChI is InChI=1S/C24H17Cl2N3O5/c25-15-3-6-19-14(10-15)11-18(23(30)31)22(28-19)29-20(24(32)33)9-13-1-4-16(5-2-13)34-17-7-8-27-21(26)12-17/h1-8,10-12,20H,9H2,(H,28,29)(H,30,31)(H,32,33)/t20-/m0/s1. The van der Waals surface area contributed by atoms with Crippen molar-refractivity contribution in [2.45, 2.75) is 12.5 Å². The number of anilines is 1. The summed E-state index contributed by atoms with van der Waals surface area (Å²) in [6, 6.07) is 15.2. The summed E-state index contributed by atoms with van der Waals surface area (Å²) in [6.07, 6.45) is 1.60. The van der Waals surface area contributed by atoms with E-state index in [0.29, 0.717) is 38.1 Å². The smallest absolute Gasteiger partial charge is 0.339 e. The van der Waals surface area contributed by atoms with Gasteiger partial charge in [-0.25, -0.2) is 19.6 Å². The fourth-order valence-electron chi connectivity index (χ4n) is 3.30. The minimum Gasteiger partial charge on any atom is -0.480 e. The van der Waals surface area contributed by atoms with Crippen molar-refractivity contribution in [2.24, 2.45) is 0 Å². The van der Waals surface area contributed by atoms with Crippen molar-refractivity contribution in [2.75, 3.05) is 5.32 Å². The van der Waals surface area contributed by atoms with Gasteiger partial charge in [-0.15, -0.1) is 0 Å². The number of pyridine rings is 2. The molecule has 0 saturated heterocycles. The lowest BCUT2D eigenvalue weighted by Crippen LogP contribution is -2.32. The van der Waals surface area contributed by atoms with E-state index in [1.807, 2.05) is 0 Å². The number of aromatic nitrogens is 2. The summed E-state index contributed by atoms with van der Waals surface area (Å²) < 4.78 is 5.71. The number of halogens is 2. The maximum Gasteiger partial charge on any atom is 0.339 e. The molecule has 1 atom stereocenters. The summed E-state index contributed by atoms with van der Waals surface area (Å²) in [4.78, 5) is 31.9. The molecule has 4 rings (SSSR count).